The van der Waals surface area contributed by atoms with Crippen LogP contribution in [0.25, 0.3) is 0 Å². The first-order chi connectivity index (χ1) is 39.5. The Morgan fingerprint density at radius 2 is 0.487 bits per heavy atom. The first kappa shape index (κ1) is 74.5. The van der Waals surface area contributed by atoms with Crippen LogP contribution in [0.5, 0.6) is 0 Å². The van der Waals surface area contributed by atoms with Crippen LogP contribution >= 0.6 is 0 Å². The third-order valence-electron chi connectivity index (χ3n) is 12.6. The van der Waals surface area contributed by atoms with Gasteiger partial charge in [0.25, 0.3) is 0 Å². The molecule has 0 spiro atoms. The standard InChI is InChI=1S/C74H114O6/c1-4-7-10-13-16-19-22-24-26-28-30-31-32-33-34-35-36-37-38-39-40-41-42-43-45-46-48-50-52-55-58-61-64-67-73(76)79-70-71(69-78-72(75)66-63-60-57-54-21-18-15-12-9-6-3)80-74(77)68-65-62-59-56-53-51-49-47-44-29-27-25-23-20-17-14-11-8-5-2/h7-8,10-12,15-17,19-20,24-27,30-31,33-34,36-37,39-40,42-44,46-48,52,55,71H,4-6,9,13-14,18,21-23,28-29,32,35,38,41,45,49-51,53-54,56-70H2,1-3H3/b10-7-,11-8-,15-12-,19-16-,20-17-,26-24-,27-25-,31-30-,34-33-,37-36-,40-39-,43-42-,47-44-,48-46-,55-52-. The molecule has 0 aromatic heterocycles. The van der Waals surface area contributed by atoms with Gasteiger partial charge in [0, 0.05) is 19.3 Å². The van der Waals surface area contributed by atoms with E-state index in [0.717, 1.165) is 173 Å². The van der Waals surface area contributed by atoms with Gasteiger partial charge in [0.1, 0.15) is 13.2 Å². The highest BCUT2D eigenvalue weighted by Gasteiger charge is 2.19. The second-order valence-corrected chi connectivity index (χ2v) is 20.2. The van der Waals surface area contributed by atoms with Crippen molar-refractivity contribution in [2.24, 2.45) is 0 Å². The van der Waals surface area contributed by atoms with E-state index >= 15 is 0 Å². The Bertz CT molecular complexity index is 1890. The number of esters is 3. The lowest BCUT2D eigenvalue weighted by atomic mass is 10.1. The second kappa shape index (κ2) is 66.0. The van der Waals surface area contributed by atoms with E-state index in [9.17, 15) is 14.4 Å². The van der Waals surface area contributed by atoms with Gasteiger partial charge >= 0.3 is 17.9 Å². The zero-order valence-corrected chi connectivity index (χ0v) is 51.0. The fraction of sp³-hybridized carbons (Fsp3) is 0.554. The Morgan fingerprint density at radius 1 is 0.263 bits per heavy atom. The lowest BCUT2D eigenvalue weighted by Crippen LogP contribution is -2.30. The predicted octanol–water partition coefficient (Wildman–Crippen LogP) is 22.0. The van der Waals surface area contributed by atoms with Gasteiger partial charge in [0.05, 0.1) is 0 Å². The third-order valence-corrected chi connectivity index (χ3v) is 12.6. The van der Waals surface area contributed by atoms with E-state index in [-0.39, 0.29) is 37.5 Å². The smallest absolute Gasteiger partial charge is 0.306 e. The van der Waals surface area contributed by atoms with Gasteiger partial charge in [-0.3, -0.25) is 14.4 Å². The molecule has 0 heterocycles. The maximum atomic E-state index is 12.9. The van der Waals surface area contributed by atoms with Crippen molar-refractivity contribution in [2.45, 2.75) is 252 Å². The highest BCUT2D eigenvalue weighted by molar-refractivity contribution is 5.71. The molecule has 0 aliphatic carbocycles. The molecule has 0 aliphatic rings. The molecule has 0 saturated heterocycles. The number of unbranched alkanes of at least 4 members (excludes halogenated alkanes) is 14. The zero-order chi connectivity index (χ0) is 57.8. The van der Waals surface area contributed by atoms with Crippen molar-refractivity contribution in [3.8, 4) is 0 Å². The van der Waals surface area contributed by atoms with Gasteiger partial charge < -0.3 is 14.2 Å². The minimum atomic E-state index is -0.817. The summed E-state index contributed by atoms with van der Waals surface area (Å²) in [5, 5.41) is 0. The summed E-state index contributed by atoms with van der Waals surface area (Å²) in [5.41, 5.74) is 0. The highest BCUT2D eigenvalue weighted by atomic mass is 16.6. The summed E-state index contributed by atoms with van der Waals surface area (Å²) < 4.78 is 16.8. The van der Waals surface area contributed by atoms with Crippen LogP contribution < -0.4 is 0 Å². The molecular formula is C74H114O6. The molecule has 0 N–H and O–H groups in total. The van der Waals surface area contributed by atoms with Crippen LogP contribution in [0.4, 0.5) is 0 Å². The molecule has 0 aromatic carbocycles. The summed E-state index contributed by atoms with van der Waals surface area (Å²) in [6.07, 6.45) is 99.1. The van der Waals surface area contributed by atoms with Crippen LogP contribution in [0.2, 0.25) is 0 Å². The fourth-order valence-electron chi connectivity index (χ4n) is 7.93. The van der Waals surface area contributed by atoms with Gasteiger partial charge in [0.2, 0.25) is 0 Å². The molecule has 1 unspecified atom stereocenters. The van der Waals surface area contributed by atoms with Crippen LogP contribution in [-0.2, 0) is 28.6 Å². The largest absolute Gasteiger partial charge is 0.462 e. The van der Waals surface area contributed by atoms with E-state index < -0.39 is 6.10 Å². The fourth-order valence-corrected chi connectivity index (χ4v) is 7.93. The number of hydrogen-bond acceptors (Lipinski definition) is 6. The average molecular weight is 1100 g/mol. The first-order valence-electron chi connectivity index (χ1n) is 31.8. The molecule has 0 amide bonds. The SMILES string of the molecule is CC/C=C\C/C=C\C/C=C\C/C=C\C/C=C\C/C=C\C/C=C\C/C=C\C/C=C\C/C=C\CCCCC(=O)OCC(COC(=O)CCCCCCC/C=C\CCC)OC(=O)CCCCCCCC/C=C\C/C=C\C/C=C\C/C=C\CC. The van der Waals surface area contributed by atoms with Crippen molar-refractivity contribution in [3.63, 3.8) is 0 Å². The lowest BCUT2D eigenvalue weighted by Gasteiger charge is -2.18. The van der Waals surface area contributed by atoms with E-state index in [1.807, 2.05) is 0 Å². The van der Waals surface area contributed by atoms with Gasteiger partial charge in [-0.15, -0.1) is 0 Å². The predicted molar refractivity (Wildman–Crippen MR) is 348 cm³/mol. The number of carbonyl (C=O) groups excluding carboxylic acids is 3. The number of hydrogen-bond donors (Lipinski definition) is 0. The van der Waals surface area contributed by atoms with E-state index in [4.69, 9.17) is 14.2 Å². The summed E-state index contributed by atoms with van der Waals surface area (Å²) >= 11 is 0. The Kier molecular flexibility index (Phi) is 61.5. The van der Waals surface area contributed by atoms with Crippen molar-refractivity contribution in [3.05, 3.63) is 182 Å². The molecule has 1 atom stereocenters. The molecule has 0 radical (unpaired) electrons. The van der Waals surface area contributed by atoms with E-state index in [2.05, 4.69) is 203 Å². The molecule has 0 aliphatic heterocycles. The highest BCUT2D eigenvalue weighted by Crippen LogP contribution is 2.13. The molecular weight excluding hydrogens is 985 g/mol. The molecule has 446 valence electrons. The first-order valence-corrected chi connectivity index (χ1v) is 31.8. The molecule has 6 heteroatoms. The topological polar surface area (TPSA) is 78.9 Å². The Hall–Kier alpha value is -5.49. The second-order valence-electron chi connectivity index (χ2n) is 20.2. The maximum Gasteiger partial charge on any atom is 0.306 e. The van der Waals surface area contributed by atoms with E-state index in [1.165, 1.54) is 25.7 Å². The zero-order valence-electron chi connectivity index (χ0n) is 51.0. The summed E-state index contributed by atoms with van der Waals surface area (Å²) in [5.74, 6) is -0.990. The minimum absolute atomic E-state index is 0.111. The summed E-state index contributed by atoms with van der Waals surface area (Å²) in [6.45, 7) is 6.28. The van der Waals surface area contributed by atoms with Crippen molar-refractivity contribution in [1.82, 2.24) is 0 Å². The molecule has 0 saturated carbocycles. The average Bonchev–Trinajstić information content (AvgIpc) is 3.46. The Labute approximate surface area is 491 Å². The van der Waals surface area contributed by atoms with Crippen LogP contribution in [0.3, 0.4) is 0 Å². The van der Waals surface area contributed by atoms with Gasteiger partial charge in [-0.25, -0.2) is 0 Å². The summed E-state index contributed by atoms with van der Waals surface area (Å²) in [6, 6.07) is 0. The van der Waals surface area contributed by atoms with Crippen molar-refractivity contribution in [1.29, 1.82) is 0 Å². The van der Waals surface area contributed by atoms with Gasteiger partial charge in [-0.2, -0.15) is 0 Å². The Morgan fingerprint density at radius 3 is 0.800 bits per heavy atom. The maximum absolute atomic E-state index is 12.9. The molecule has 80 heavy (non-hydrogen) atoms. The lowest BCUT2D eigenvalue weighted by molar-refractivity contribution is -0.167. The van der Waals surface area contributed by atoms with Gasteiger partial charge in [-0.1, -0.05) is 254 Å². The monoisotopic (exact) mass is 1100 g/mol. The normalized spacial score (nSPS) is 13.4. The molecule has 6 nitrogen and oxygen atoms in total. The summed E-state index contributed by atoms with van der Waals surface area (Å²) in [4.78, 5) is 38.2. The molecule has 0 aromatic rings. The molecule has 0 bridgehead atoms. The summed E-state index contributed by atoms with van der Waals surface area (Å²) in [7, 11) is 0. The molecule has 0 fully saturated rings. The quantitative estimate of drug-likeness (QED) is 0.0261. The number of allylic oxidation sites excluding steroid dienone is 30. The molecule has 0 rings (SSSR count). The van der Waals surface area contributed by atoms with Gasteiger partial charge in [-0.05, 0) is 154 Å². The number of rotatable bonds is 55. The third kappa shape index (κ3) is 63.3. The minimum Gasteiger partial charge on any atom is -0.462 e. The van der Waals surface area contributed by atoms with E-state index in [1.54, 1.807) is 0 Å². The van der Waals surface area contributed by atoms with Crippen LogP contribution in [0.15, 0.2) is 182 Å². The van der Waals surface area contributed by atoms with Crippen LogP contribution in [-0.4, -0.2) is 37.2 Å². The van der Waals surface area contributed by atoms with Crippen molar-refractivity contribution >= 4 is 17.9 Å². The van der Waals surface area contributed by atoms with Crippen LogP contribution in [0, 0.1) is 0 Å². The van der Waals surface area contributed by atoms with Crippen molar-refractivity contribution in [2.75, 3.05) is 13.2 Å². The Balaban J connectivity index is 4.38. The van der Waals surface area contributed by atoms with E-state index in [0.29, 0.717) is 19.3 Å². The van der Waals surface area contributed by atoms with Gasteiger partial charge in [0.15, 0.2) is 6.10 Å². The number of ether oxygens (including phenoxy) is 3. The number of carbonyl (C=O) groups is 3. The van der Waals surface area contributed by atoms with Crippen LogP contribution in [0.1, 0.15) is 245 Å². The van der Waals surface area contributed by atoms with Crippen molar-refractivity contribution < 1.29 is 28.6 Å².